The summed E-state index contributed by atoms with van der Waals surface area (Å²) in [6.07, 6.45) is 2.00. The highest BCUT2D eigenvalue weighted by Gasteiger charge is 2.12. The van der Waals surface area contributed by atoms with Crippen molar-refractivity contribution >= 4 is 5.97 Å². The topological polar surface area (TPSA) is 70.8 Å². The smallest absolute Gasteiger partial charge is 0.323 e. The highest BCUT2D eigenvalue weighted by molar-refractivity contribution is 5.75. The fourth-order valence-electron chi connectivity index (χ4n) is 0.828. The monoisotopic (exact) mass is 217 g/mol. The summed E-state index contributed by atoms with van der Waals surface area (Å²) in [6.45, 7) is 5.08. The van der Waals surface area contributed by atoms with Gasteiger partial charge in [-0.3, -0.25) is 4.79 Å². The molecule has 0 aliphatic carbocycles. The van der Waals surface area contributed by atoms with Gasteiger partial charge in [-0.25, -0.2) is 0 Å². The van der Waals surface area contributed by atoms with E-state index in [9.17, 15) is 4.79 Å². The van der Waals surface area contributed by atoms with E-state index in [0.29, 0.717) is 26.2 Å². The molecule has 1 atom stereocenters. The standard InChI is InChI=1S/C10H19NO4/c1-3-4-9(11)10(12)15-8-7-14-6-5-13-2/h3,9H,1,4-8,11H2,2H3. The number of nitrogens with two attached hydrogens (primary N) is 1. The fourth-order valence-corrected chi connectivity index (χ4v) is 0.828. The highest BCUT2D eigenvalue weighted by atomic mass is 16.6. The Morgan fingerprint density at radius 1 is 1.40 bits per heavy atom. The van der Waals surface area contributed by atoms with Crippen molar-refractivity contribution in [1.29, 1.82) is 0 Å². The molecule has 15 heavy (non-hydrogen) atoms. The second-order valence-electron chi connectivity index (χ2n) is 2.90. The van der Waals surface area contributed by atoms with Gasteiger partial charge in [0.15, 0.2) is 0 Å². The van der Waals surface area contributed by atoms with Gasteiger partial charge >= 0.3 is 5.97 Å². The largest absolute Gasteiger partial charge is 0.462 e. The van der Waals surface area contributed by atoms with Crippen molar-refractivity contribution in [1.82, 2.24) is 0 Å². The minimum Gasteiger partial charge on any atom is -0.462 e. The fraction of sp³-hybridized carbons (Fsp3) is 0.700. The Kier molecular flexibility index (Phi) is 9.05. The average molecular weight is 217 g/mol. The van der Waals surface area contributed by atoms with E-state index in [1.165, 1.54) is 0 Å². The normalized spacial score (nSPS) is 12.1. The quantitative estimate of drug-likeness (QED) is 0.337. The third kappa shape index (κ3) is 8.11. The van der Waals surface area contributed by atoms with E-state index in [1.807, 2.05) is 0 Å². The summed E-state index contributed by atoms with van der Waals surface area (Å²) in [6, 6.07) is -0.624. The molecule has 0 amide bonds. The summed E-state index contributed by atoms with van der Waals surface area (Å²) < 4.78 is 14.7. The lowest BCUT2D eigenvalue weighted by Crippen LogP contribution is -2.32. The Labute approximate surface area is 90.2 Å². The SMILES string of the molecule is C=CCC(N)C(=O)OCCOCCOC. The summed E-state index contributed by atoms with van der Waals surface area (Å²) in [5.74, 6) is -0.426. The van der Waals surface area contributed by atoms with Crippen LogP contribution in [-0.2, 0) is 19.0 Å². The van der Waals surface area contributed by atoms with Crippen LogP contribution >= 0.6 is 0 Å². The molecule has 0 aromatic heterocycles. The summed E-state index contributed by atoms with van der Waals surface area (Å²) in [4.78, 5) is 11.1. The summed E-state index contributed by atoms with van der Waals surface area (Å²) in [7, 11) is 1.59. The molecule has 0 fully saturated rings. The van der Waals surface area contributed by atoms with Crippen molar-refractivity contribution in [3.63, 3.8) is 0 Å². The predicted molar refractivity (Wildman–Crippen MR) is 56.4 cm³/mol. The van der Waals surface area contributed by atoms with Gasteiger partial charge in [0, 0.05) is 7.11 Å². The molecule has 5 heteroatoms. The lowest BCUT2D eigenvalue weighted by Gasteiger charge is -2.09. The zero-order chi connectivity index (χ0) is 11.5. The van der Waals surface area contributed by atoms with Gasteiger partial charge < -0.3 is 19.9 Å². The van der Waals surface area contributed by atoms with Crippen LogP contribution in [-0.4, -0.2) is 45.5 Å². The van der Waals surface area contributed by atoms with Gasteiger partial charge in [-0.05, 0) is 6.42 Å². The van der Waals surface area contributed by atoms with E-state index in [0.717, 1.165) is 0 Å². The number of rotatable bonds is 9. The van der Waals surface area contributed by atoms with E-state index in [4.69, 9.17) is 19.9 Å². The molecule has 0 aromatic rings. The van der Waals surface area contributed by atoms with E-state index < -0.39 is 12.0 Å². The van der Waals surface area contributed by atoms with Crippen molar-refractivity contribution in [3.05, 3.63) is 12.7 Å². The Balaban J connectivity index is 3.34. The van der Waals surface area contributed by atoms with Crippen LogP contribution in [0.5, 0.6) is 0 Å². The minimum absolute atomic E-state index is 0.216. The molecule has 0 rings (SSSR count). The summed E-state index contributed by atoms with van der Waals surface area (Å²) >= 11 is 0. The molecule has 0 spiro atoms. The molecular formula is C10H19NO4. The average Bonchev–Trinajstić information content (AvgIpc) is 2.23. The zero-order valence-corrected chi connectivity index (χ0v) is 9.11. The number of hydrogen-bond acceptors (Lipinski definition) is 5. The van der Waals surface area contributed by atoms with Gasteiger partial charge in [-0.1, -0.05) is 6.08 Å². The molecular weight excluding hydrogens is 198 g/mol. The molecule has 2 N–H and O–H groups in total. The maximum Gasteiger partial charge on any atom is 0.323 e. The van der Waals surface area contributed by atoms with Crippen LogP contribution in [0.1, 0.15) is 6.42 Å². The first-order chi connectivity index (χ1) is 7.22. The van der Waals surface area contributed by atoms with Gasteiger partial charge in [0.05, 0.1) is 19.8 Å². The molecule has 0 aromatic carbocycles. The second kappa shape index (κ2) is 9.64. The lowest BCUT2D eigenvalue weighted by atomic mass is 10.2. The summed E-state index contributed by atoms with van der Waals surface area (Å²) in [5.41, 5.74) is 5.48. The molecule has 0 saturated carbocycles. The van der Waals surface area contributed by atoms with Crippen LogP contribution in [0.4, 0.5) is 0 Å². The highest BCUT2D eigenvalue weighted by Crippen LogP contribution is 1.92. The van der Waals surface area contributed by atoms with Crippen molar-refractivity contribution in [2.75, 3.05) is 33.5 Å². The van der Waals surface area contributed by atoms with Crippen LogP contribution in [0.15, 0.2) is 12.7 Å². The third-order valence-electron chi connectivity index (χ3n) is 1.63. The van der Waals surface area contributed by atoms with Gasteiger partial charge in [0.1, 0.15) is 12.6 Å². The first kappa shape index (κ1) is 14.1. The Morgan fingerprint density at radius 3 is 2.67 bits per heavy atom. The van der Waals surface area contributed by atoms with Crippen molar-refractivity contribution in [2.24, 2.45) is 5.73 Å². The Hall–Kier alpha value is -0.910. The number of carbonyl (C=O) groups is 1. The minimum atomic E-state index is -0.624. The van der Waals surface area contributed by atoms with Crippen LogP contribution in [0.2, 0.25) is 0 Å². The van der Waals surface area contributed by atoms with Gasteiger partial charge in [-0.2, -0.15) is 0 Å². The second-order valence-corrected chi connectivity index (χ2v) is 2.90. The Bertz CT molecular complexity index is 184. The first-order valence-corrected chi connectivity index (χ1v) is 4.82. The molecule has 0 heterocycles. The molecule has 1 unspecified atom stereocenters. The number of methoxy groups -OCH3 is 1. The molecule has 0 saturated heterocycles. The number of esters is 1. The Morgan fingerprint density at radius 2 is 2.07 bits per heavy atom. The molecule has 88 valence electrons. The predicted octanol–water partition coefficient (Wildman–Crippen LogP) is 0.0960. The van der Waals surface area contributed by atoms with Gasteiger partial charge in [0.25, 0.3) is 0 Å². The van der Waals surface area contributed by atoms with Gasteiger partial charge in [-0.15, -0.1) is 6.58 Å². The molecule has 0 aliphatic heterocycles. The van der Waals surface area contributed by atoms with E-state index >= 15 is 0 Å². The maximum atomic E-state index is 11.1. The van der Waals surface area contributed by atoms with E-state index in [-0.39, 0.29) is 6.61 Å². The van der Waals surface area contributed by atoms with Crippen LogP contribution in [0.3, 0.4) is 0 Å². The van der Waals surface area contributed by atoms with E-state index in [2.05, 4.69) is 6.58 Å². The third-order valence-corrected chi connectivity index (χ3v) is 1.63. The molecule has 0 bridgehead atoms. The number of carbonyl (C=O) groups excluding carboxylic acids is 1. The molecule has 0 radical (unpaired) electrons. The van der Waals surface area contributed by atoms with Crippen molar-refractivity contribution in [3.8, 4) is 0 Å². The van der Waals surface area contributed by atoms with Crippen LogP contribution in [0, 0.1) is 0 Å². The lowest BCUT2D eigenvalue weighted by molar-refractivity contribution is -0.146. The first-order valence-electron chi connectivity index (χ1n) is 4.82. The van der Waals surface area contributed by atoms with Crippen molar-refractivity contribution in [2.45, 2.75) is 12.5 Å². The van der Waals surface area contributed by atoms with E-state index in [1.54, 1.807) is 13.2 Å². The maximum absolute atomic E-state index is 11.1. The zero-order valence-electron chi connectivity index (χ0n) is 9.11. The number of hydrogen-bond donors (Lipinski definition) is 1. The summed E-state index contributed by atoms with van der Waals surface area (Å²) in [5, 5.41) is 0. The van der Waals surface area contributed by atoms with Gasteiger partial charge in [0.2, 0.25) is 0 Å². The number of ether oxygens (including phenoxy) is 3. The van der Waals surface area contributed by atoms with Crippen LogP contribution in [0.25, 0.3) is 0 Å². The molecule has 5 nitrogen and oxygen atoms in total. The van der Waals surface area contributed by atoms with Crippen molar-refractivity contribution < 1.29 is 19.0 Å². The van der Waals surface area contributed by atoms with Crippen LogP contribution < -0.4 is 5.73 Å². The molecule has 0 aliphatic rings.